The van der Waals surface area contributed by atoms with Crippen molar-refractivity contribution in [1.82, 2.24) is 5.32 Å². The molecule has 1 saturated heterocycles. The van der Waals surface area contributed by atoms with Crippen molar-refractivity contribution < 1.29 is 0 Å². The molecule has 1 nitrogen and oxygen atoms in total. The molecule has 0 aromatic heterocycles. The monoisotopic (exact) mass is 167 g/mol. The Balaban J connectivity index is 1.85. The number of hydrogen-bond acceptors (Lipinski definition) is 1. The maximum atomic E-state index is 3.76. The van der Waals surface area contributed by atoms with Crippen LogP contribution in [0, 0.1) is 5.92 Å². The number of hydrogen-bond donors (Lipinski definition) is 1. The van der Waals surface area contributed by atoms with Crippen molar-refractivity contribution in [2.24, 2.45) is 5.92 Å². The normalized spacial score (nSPS) is 38.8. The molecule has 0 spiro atoms. The van der Waals surface area contributed by atoms with E-state index in [1.54, 1.807) is 0 Å². The zero-order valence-corrected chi connectivity index (χ0v) is 8.18. The van der Waals surface area contributed by atoms with Crippen LogP contribution in [-0.4, -0.2) is 12.1 Å². The lowest BCUT2D eigenvalue weighted by Crippen LogP contribution is -2.44. The molecule has 1 aliphatic heterocycles. The van der Waals surface area contributed by atoms with Crippen LogP contribution in [0.5, 0.6) is 0 Å². The third-order valence-electron chi connectivity index (χ3n) is 3.62. The first-order chi connectivity index (χ1) is 5.86. The van der Waals surface area contributed by atoms with E-state index >= 15 is 0 Å². The van der Waals surface area contributed by atoms with E-state index in [9.17, 15) is 0 Å². The Morgan fingerprint density at radius 1 is 0.917 bits per heavy atom. The molecule has 2 unspecified atom stereocenters. The van der Waals surface area contributed by atoms with Gasteiger partial charge in [-0.2, -0.15) is 0 Å². The summed E-state index contributed by atoms with van der Waals surface area (Å²) in [6.07, 6.45) is 10.2. The Kier molecular flexibility index (Phi) is 2.69. The third-order valence-corrected chi connectivity index (χ3v) is 3.62. The largest absolute Gasteiger partial charge is 0.311 e. The summed E-state index contributed by atoms with van der Waals surface area (Å²) in [7, 11) is 0. The van der Waals surface area contributed by atoms with Gasteiger partial charge in [0.1, 0.15) is 0 Å². The van der Waals surface area contributed by atoms with Crippen LogP contribution in [0.25, 0.3) is 0 Å². The van der Waals surface area contributed by atoms with Crippen LogP contribution >= 0.6 is 0 Å². The van der Waals surface area contributed by atoms with Gasteiger partial charge in [0.05, 0.1) is 0 Å². The van der Waals surface area contributed by atoms with Crippen LogP contribution in [0.15, 0.2) is 0 Å². The smallest absolute Gasteiger partial charge is 0.00978 e. The molecule has 2 aliphatic rings. The molecule has 1 N–H and O–H groups in total. The lowest BCUT2D eigenvalue weighted by Gasteiger charge is -2.32. The third kappa shape index (κ3) is 1.82. The van der Waals surface area contributed by atoms with Crippen molar-refractivity contribution >= 4 is 0 Å². The lowest BCUT2D eigenvalue weighted by atomic mass is 9.89. The van der Waals surface area contributed by atoms with E-state index in [4.69, 9.17) is 0 Å². The lowest BCUT2D eigenvalue weighted by molar-refractivity contribution is 0.258. The molecule has 12 heavy (non-hydrogen) atoms. The fraction of sp³-hybridized carbons (Fsp3) is 1.00. The Hall–Kier alpha value is -0.0400. The van der Waals surface area contributed by atoms with Gasteiger partial charge >= 0.3 is 0 Å². The van der Waals surface area contributed by atoms with Gasteiger partial charge in [0.15, 0.2) is 0 Å². The zero-order chi connectivity index (χ0) is 8.39. The summed E-state index contributed by atoms with van der Waals surface area (Å²) in [5.74, 6) is 1.02. The fourth-order valence-corrected chi connectivity index (χ4v) is 2.91. The van der Waals surface area contributed by atoms with Crippen molar-refractivity contribution in [2.75, 3.05) is 0 Å². The van der Waals surface area contributed by atoms with Gasteiger partial charge in [-0.25, -0.2) is 0 Å². The van der Waals surface area contributed by atoms with Crippen LogP contribution in [0.2, 0.25) is 0 Å². The van der Waals surface area contributed by atoms with E-state index in [1.165, 1.54) is 44.9 Å². The van der Waals surface area contributed by atoms with Crippen LogP contribution in [-0.2, 0) is 0 Å². The SMILES string of the molecule is CC1CCCC(C2CCCC2)N1. The number of rotatable bonds is 1. The summed E-state index contributed by atoms with van der Waals surface area (Å²) in [6.45, 7) is 2.33. The summed E-state index contributed by atoms with van der Waals surface area (Å²) in [6, 6.07) is 1.65. The highest BCUT2D eigenvalue weighted by Crippen LogP contribution is 2.31. The molecule has 0 bridgehead atoms. The predicted octanol–water partition coefficient (Wildman–Crippen LogP) is 2.71. The van der Waals surface area contributed by atoms with E-state index in [0.29, 0.717) is 0 Å². The molecule has 2 atom stereocenters. The molecule has 1 saturated carbocycles. The second-order valence-electron chi connectivity index (χ2n) is 4.65. The predicted molar refractivity (Wildman–Crippen MR) is 52.2 cm³/mol. The summed E-state index contributed by atoms with van der Waals surface area (Å²) < 4.78 is 0. The van der Waals surface area contributed by atoms with Gasteiger partial charge in [0.25, 0.3) is 0 Å². The van der Waals surface area contributed by atoms with E-state index < -0.39 is 0 Å². The summed E-state index contributed by atoms with van der Waals surface area (Å²) >= 11 is 0. The minimum atomic E-state index is 0.782. The summed E-state index contributed by atoms with van der Waals surface area (Å²) in [5.41, 5.74) is 0. The minimum absolute atomic E-state index is 0.782. The van der Waals surface area contributed by atoms with E-state index in [2.05, 4.69) is 12.2 Å². The average Bonchev–Trinajstić information content (AvgIpc) is 2.56. The molecule has 0 aromatic carbocycles. The average molecular weight is 167 g/mol. The first-order valence-corrected chi connectivity index (χ1v) is 5.62. The van der Waals surface area contributed by atoms with Crippen molar-refractivity contribution in [3.05, 3.63) is 0 Å². The van der Waals surface area contributed by atoms with Gasteiger partial charge in [-0.1, -0.05) is 19.3 Å². The Bertz CT molecular complexity index is 138. The summed E-state index contributed by atoms with van der Waals surface area (Å²) in [4.78, 5) is 0. The van der Waals surface area contributed by atoms with Gasteiger partial charge in [0, 0.05) is 12.1 Å². The molecule has 1 heteroatoms. The van der Waals surface area contributed by atoms with Gasteiger partial charge in [0.2, 0.25) is 0 Å². The first kappa shape index (κ1) is 8.55. The zero-order valence-electron chi connectivity index (χ0n) is 8.18. The second-order valence-corrected chi connectivity index (χ2v) is 4.65. The summed E-state index contributed by atoms with van der Waals surface area (Å²) in [5, 5.41) is 3.76. The molecule has 2 fully saturated rings. The van der Waals surface area contributed by atoms with Crippen LogP contribution in [0.1, 0.15) is 51.9 Å². The van der Waals surface area contributed by atoms with Crippen LogP contribution < -0.4 is 5.32 Å². The minimum Gasteiger partial charge on any atom is -0.311 e. The quantitative estimate of drug-likeness (QED) is 0.633. The maximum absolute atomic E-state index is 3.76. The molecule has 2 rings (SSSR count). The van der Waals surface area contributed by atoms with Gasteiger partial charge in [-0.15, -0.1) is 0 Å². The standard InChI is InChI=1S/C11H21N/c1-9-5-4-8-11(12-9)10-6-2-3-7-10/h9-12H,2-8H2,1H3. The molecule has 0 aromatic rings. The highest BCUT2D eigenvalue weighted by molar-refractivity contribution is 4.85. The fourth-order valence-electron chi connectivity index (χ4n) is 2.91. The first-order valence-electron chi connectivity index (χ1n) is 5.62. The highest BCUT2D eigenvalue weighted by Gasteiger charge is 2.27. The molecule has 1 aliphatic carbocycles. The molecular weight excluding hydrogens is 146 g/mol. The topological polar surface area (TPSA) is 12.0 Å². The maximum Gasteiger partial charge on any atom is 0.00978 e. The van der Waals surface area contributed by atoms with Crippen molar-refractivity contribution in [2.45, 2.75) is 64.0 Å². The molecule has 0 amide bonds. The molecule has 70 valence electrons. The van der Waals surface area contributed by atoms with Crippen molar-refractivity contribution in [3.63, 3.8) is 0 Å². The molecule has 0 radical (unpaired) electrons. The van der Waals surface area contributed by atoms with Gasteiger partial charge < -0.3 is 5.32 Å². The van der Waals surface area contributed by atoms with Gasteiger partial charge in [-0.3, -0.25) is 0 Å². The molecular formula is C11H21N. The van der Waals surface area contributed by atoms with Gasteiger partial charge in [-0.05, 0) is 38.5 Å². The van der Waals surface area contributed by atoms with E-state index in [1.807, 2.05) is 0 Å². The van der Waals surface area contributed by atoms with E-state index in [-0.39, 0.29) is 0 Å². The van der Waals surface area contributed by atoms with E-state index in [0.717, 1.165) is 18.0 Å². The Morgan fingerprint density at radius 2 is 1.67 bits per heavy atom. The Labute approximate surface area is 75.9 Å². The van der Waals surface area contributed by atoms with Crippen LogP contribution in [0.4, 0.5) is 0 Å². The van der Waals surface area contributed by atoms with Crippen LogP contribution in [0.3, 0.4) is 0 Å². The van der Waals surface area contributed by atoms with Crippen molar-refractivity contribution in [3.8, 4) is 0 Å². The number of piperidine rings is 1. The van der Waals surface area contributed by atoms with Crippen molar-refractivity contribution in [1.29, 1.82) is 0 Å². The second kappa shape index (κ2) is 3.78. The highest BCUT2D eigenvalue weighted by atomic mass is 15.0. The molecule has 1 heterocycles. The Morgan fingerprint density at radius 3 is 2.33 bits per heavy atom. The number of nitrogens with one attached hydrogen (secondary N) is 1.